The number of aryl methyl sites for hydroxylation is 1. The van der Waals surface area contributed by atoms with E-state index in [1.165, 1.54) is 19.3 Å². The first-order chi connectivity index (χ1) is 13.1. The standard InChI is InChI=1S/C23H27FN2O/c1-16-5-9-18(10-6-16)23(27)25-20-13-21-3-2-4-22(14-20)26(21)15-17-7-11-19(24)12-8-17/h5-12,20-22H,2-4,13-15H2,1H3,(H,25,27)/t21-,22-/m0/s1. The lowest BCUT2D eigenvalue weighted by molar-refractivity contribution is 0.0177. The van der Waals surface area contributed by atoms with Gasteiger partial charge in [0.2, 0.25) is 0 Å². The Kier molecular flexibility index (Phi) is 5.26. The highest BCUT2D eigenvalue weighted by molar-refractivity contribution is 5.94. The molecule has 2 bridgehead atoms. The lowest BCUT2D eigenvalue weighted by Gasteiger charge is -2.49. The number of amides is 1. The second-order valence-corrected chi connectivity index (χ2v) is 8.05. The molecule has 2 aliphatic rings. The fourth-order valence-electron chi connectivity index (χ4n) is 4.63. The Balaban J connectivity index is 1.40. The van der Waals surface area contributed by atoms with Crippen molar-refractivity contribution in [1.82, 2.24) is 10.2 Å². The maximum atomic E-state index is 13.2. The maximum absolute atomic E-state index is 13.2. The molecule has 2 heterocycles. The Morgan fingerprint density at radius 1 is 1.04 bits per heavy atom. The molecule has 2 aromatic rings. The van der Waals surface area contributed by atoms with Crippen molar-refractivity contribution in [3.05, 3.63) is 71.0 Å². The van der Waals surface area contributed by atoms with Crippen LogP contribution >= 0.6 is 0 Å². The van der Waals surface area contributed by atoms with Crippen LogP contribution in [0.2, 0.25) is 0 Å². The molecule has 4 heteroatoms. The van der Waals surface area contributed by atoms with E-state index < -0.39 is 0 Å². The molecule has 2 fully saturated rings. The monoisotopic (exact) mass is 366 g/mol. The van der Waals surface area contributed by atoms with Crippen molar-refractivity contribution >= 4 is 5.91 Å². The molecule has 27 heavy (non-hydrogen) atoms. The van der Waals surface area contributed by atoms with Crippen LogP contribution in [0.1, 0.15) is 53.6 Å². The Bertz CT molecular complexity index is 773. The summed E-state index contributed by atoms with van der Waals surface area (Å²) >= 11 is 0. The lowest BCUT2D eigenvalue weighted by Crippen LogP contribution is -2.56. The van der Waals surface area contributed by atoms with Crippen molar-refractivity contribution in [1.29, 1.82) is 0 Å². The molecule has 0 spiro atoms. The van der Waals surface area contributed by atoms with Crippen LogP contribution in [-0.4, -0.2) is 28.9 Å². The molecule has 0 saturated carbocycles. The Hall–Kier alpha value is -2.20. The number of halogens is 1. The zero-order valence-corrected chi connectivity index (χ0v) is 15.8. The normalized spacial score (nSPS) is 25.2. The van der Waals surface area contributed by atoms with Crippen LogP contribution < -0.4 is 5.32 Å². The first kappa shape index (κ1) is 18.2. The van der Waals surface area contributed by atoms with Gasteiger partial charge >= 0.3 is 0 Å². The molecule has 0 unspecified atom stereocenters. The van der Waals surface area contributed by atoms with Crippen LogP contribution in [0.5, 0.6) is 0 Å². The smallest absolute Gasteiger partial charge is 0.251 e. The van der Waals surface area contributed by atoms with Crippen LogP contribution in [0.15, 0.2) is 48.5 Å². The van der Waals surface area contributed by atoms with E-state index in [9.17, 15) is 9.18 Å². The van der Waals surface area contributed by atoms with Gasteiger partial charge in [-0.15, -0.1) is 0 Å². The van der Waals surface area contributed by atoms with Crippen LogP contribution in [0.4, 0.5) is 4.39 Å². The molecule has 1 N–H and O–H groups in total. The first-order valence-electron chi connectivity index (χ1n) is 9.96. The van der Waals surface area contributed by atoms with Gasteiger partial charge in [-0.2, -0.15) is 0 Å². The topological polar surface area (TPSA) is 32.3 Å². The average Bonchev–Trinajstić information content (AvgIpc) is 2.64. The van der Waals surface area contributed by atoms with Crippen LogP contribution in [0.25, 0.3) is 0 Å². The summed E-state index contributed by atoms with van der Waals surface area (Å²) in [6.45, 7) is 2.90. The van der Waals surface area contributed by atoms with Gasteiger partial charge in [0.05, 0.1) is 0 Å². The molecule has 142 valence electrons. The highest BCUT2D eigenvalue weighted by Gasteiger charge is 2.38. The fraction of sp³-hybridized carbons (Fsp3) is 0.435. The lowest BCUT2D eigenvalue weighted by atomic mass is 9.81. The van der Waals surface area contributed by atoms with Gasteiger partial charge in [-0.25, -0.2) is 4.39 Å². The molecule has 4 rings (SSSR count). The number of hydrogen-bond acceptors (Lipinski definition) is 2. The Labute approximate surface area is 160 Å². The zero-order chi connectivity index (χ0) is 18.8. The first-order valence-corrected chi connectivity index (χ1v) is 9.96. The van der Waals surface area contributed by atoms with Gasteiger partial charge in [-0.3, -0.25) is 9.69 Å². The molecule has 3 nitrogen and oxygen atoms in total. The molecular weight excluding hydrogens is 339 g/mol. The van der Waals surface area contributed by atoms with Gasteiger partial charge in [0.25, 0.3) is 5.91 Å². The number of nitrogens with zero attached hydrogens (tertiary/aromatic N) is 1. The summed E-state index contributed by atoms with van der Waals surface area (Å²) in [5, 5.41) is 3.26. The number of nitrogens with one attached hydrogen (secondary N) is 1. The summed E-state index contributed by atoms with van der Waals surface area (Å²) in [6, 6.07) is 15.8. The molecule has 2 atom stereocenters. The third kappa shape index (κ3) is 4.22. The van der Waals surface area contributed by atoms with E-state index in [0.29, 0.717) is 12.1 Å². The van der Waals surface area contributed by atoms with E-state index in [2.05, 4.69) is 10.2 Å². The molecular formula is C23H27FN2O. The van der Waals surface area contributed by atoms with E-state index in [-0.39, 0.29) is 17.8 Å². The maximum Gasteiger partial charge on any atom is 0.251 e. The minimum atomic E-state index is -0.184. The summed E-state index contributed by atoms with van der Waals surface area (Å²) in [4.78, 5) is 15.2. The van der Waals surface area contributed by atoms with Gasteiger partial charge in [0.15, 0.2) is 0 Å². The quantitative estimate of drug-likeness (QED) is 0.867. The molecule has 2 aromatic carbocycles. The SMILES string of the molecule is Cc1ccc(C(=O)NC2C[C@@H]3CCC[C@@H](C2)N3Cc2ccc(F)cc2)cc1. The largest absolute Gasteiger partial charge is 0.349 e. The van der Waals surface area contributed by atoms with Crippen molar-refractivity contribution in [3.63, 3.8) is 0 Å². The van der Waals surface area contributed by atoms with E-state index in [1.54, 1.807) is 12.1 Å². The summed E-state index contributed by atoms with van der Waals surface area (Å²) in [5.74, 6) is -0.151. The summed E-state index contributed by atoms with van der Waals surface area (Å²) in [5.41, 5.74) is 3.06. The molecule has 0 aromatic heterocycles. The van der Waals surface area contributed by atoms with Crippen molar-refractivity contribution in [2.24, 2.45) is 0 Å². The van der Waals surface area contributed by atoms with Crippen LogP contribution in [0.3, 0.4) is 0 Å². The van der Waals surface area contributed by atoms with Gasteiger partial charge in [0, 0.05) is 30.2 Å². The molecule has 2 aliphatic heterocycles. The third-order valence-corrected chi connectivity index (χ3v) is 6.05. The van der Waals surface area contributed by atoms with Gasteiger partial charge in [-0.05, 0) is 62.4 Å². The molecule has 2 saturated heterocycles. The van der Waals surface area contributed by atoms with E-state index in [1.807, 2.05) is 43.3 Å². The average molecular weight is 366 g/mol. The molecule has 0 aliphatic carbocycles. The number of fused-ring (bicyclic) bond motifs is 2. The van der Waals surface area contributed by atoms with Crippen molar-refractivity contribution in [3.8, 4) is 0 Å². The molecule has 1 amide bonds. The van der Waals surface area contributed by atoms with Crippen LogP contribution in [-0.2, 0) is 6.54 Å². The second kappa shape index (κ2) is 7.81. The number of rotatable bonds is 4. The van der Waals surface area contributed by atoms with Crippen molar-refractivity contribution in [2.75, 3.05) is 0 Å². The van der Waals surface area contributed by atoms with Crippen molar-refractivity contribution < 1.29 is 9.18 Å². The second-order valence-electron chi connectivity index (χ2n) is 8.05. The van der Waals surface area contributed by atoms with Gasteiger partial charge in [0.1, 0.15) is 5.82 Å². The van der Waals surface area contributed by atoms with E-state index >= 15 is 0 Å². The summed E-state index contributed by atoms with van der Waals surface area (Å²) in [6.07, 6.45) is 5.60. The number of piperidine rings is 2. The Morgan fingerprint density at radius 2 is 1.67 bits per heavy atom. The number of benzene rings is 2. The predicted octanol–water partition coefficient (Wildman–Crippen LogP) is 4.45. The number of hydrogen-bond donors (Lipinski definition) is 1. The summed E-state index contributed by atoms with van der Waals surface area (Å²) < 4.78 is 13.2. The van der Waals surface area contributed by atoms with Crippen LogP contribution in [0, 0.1) is 12.7 Å². The predicted molar refractivity (Wildman–Crippen MR) is 105 cm³/mol. The summed E-state index contributed by atoms with van der Waals surface area (Å²) in [7, 11) is 0. The van der Waals surface area contributed by atoms with Gasteiger partial charge in [-0.1, -0.05) is 36.2 Å². The van der Waals surface area contributed by atoms with E-state index in [4.69, 9.17) is 0 Å². The third-order valence-electron chi connectivity index (χ3n) is 6.05. The minimum absolute atomic E-state index is 0.0325. The highest BCUT2D eigenvalue weighted by Crippen LogP contribution is 2.35. The number of carbonyl (C=O) groups excluding carboxylic acids is 1. The number of carbonyl (C=O) groups is 1. The van der Waals surface area contributed by atoms with Crippen molar-refractivity contribution in [2.45, 2.75) is 63.7 Å². The highest BCUT2D eigenvalue weighted by atomic mass is 19.1. The Morgan fingerprint density at radius 3 is 2.30 bits per heavy atom. The fourth-order valence-corrected chi connectivity index (χ4v) is 4.63. The van der Waals surface area contributed by atoms with Gasteiger partial charge < -0.3 is 5.32 Å². The van der Waals surface area contributed by atoms with E-state index in [0.717, 1.165) is 36.1 Å². The minimum Gasteiger partial charge on any atom is -0.349 e. The molecule has 0 radical (unpaired) electrons. The zero-order valence-electron chi connectivity index (χ0n) is 15.8.